The summed E-state index contributed by atoms with van der Waals surface area (Å²) >= 11 is 0. The van der Waals surface area contributed by atoms with Gasteiger partial charge >= 0.3 is 0 Å². The van der Waals surface area contributed by atoms with E-state index in [1.54, 1.807) is 43.3 Å². The topological polar surface area (TPSA) is 62.7 Å². The fraction of sp³-hybridized carbons (Fsp3) is 0.409. The maximum atomic E-state index is 12.4. The van der Waals surface area contributed by atoms with Crippen LogP contribution in [0.4, 0.5) is 0 Å². The normalized spacial score (nSPS) is 10.4. The number of methoxy groups -OCH3 is 1. The Labute approximate surface area is 167 Å². The molecule has 0 aliphatic carbocycles. The molecule has 0 fully saturated rings. The molecule has 0 saturated carbocycles. The summed E-state index contributed by atoms with van der Waals surface area (Å²) in [6.45, 7) is 3.20. The fourth-order valence-electron chi connectivity index (χ4n) is 2.91. The number of aromatic nitrogens is 1. The standard InChI is InChI=1S/C22H29N3O3/c1-18(26)25(15-10-20-5-4-6-21(17-20)28-3)16-11-22(27)24(2)14-9-19-7-12-23-13-8-19/h4-8,12-13,17H,9-11,14-16H2,1-3H3. The third kappa shape index (κ3) is 7.02. The third-order valence-electron chi connectivity index (χ3n) is 4.76. The Hall–Kier alpha value is -2.89. The zero-order chi connectivity index (χ0) is 20.4. The summed E-state index contributed by atoms with van der Waals surface area (Å²) in [6, 6.07) is 11.7. The van der Waals surface area contributed by atoms with Gasteiger partial charge in [-0.05, 0) is 48.2 Å². The minimum absolute atomic E-state index is 0.0184. The highest BCUT2D eigenvalue weighted by molar-refractivity contribution is 5.78. The Balaban J connectivity index is 1.79. The molecular formula is C22H29N3O3. The number of amides is 2. The van der Waals surface area contributed by atoms with Crippen molar-refractivity contribution >= 4 is 11.8 Å². The molecule has 0 aliphatic rings. The van der Waals surface area contributed by atoms with Gasteiger partial charge in [-0.15, -0.1) is 0 Å². The van der Waals surface area contributed by atoms with Crippen LogP contribution in [0.2, 0.25) is 0 Å². The van der Waals surface area contributed by atoms with Gasteiger partial charge in [0.2, 0.25) is 11.8 Å². The Morgan fingerprint density at radius 3 is 2.39 bits per heavy atom. The van der Waals surface area contributed by atoms with Crippen molar-refractivity contribution in [2.75, 3.05) is 33.8 Å². The summed E-state index contributed by atoms with van der Waals surface area (Å²) in [5, 5.41) is 0. The minimum atomic E-state index is -0.0184. The monoisotopic (exact) mass is 383 g/mol. The van der Waals surface area contributed by atoms with Crippen LogP contribution in [-0.4, -0.2) is 60.4 Å². The third-order valence-corrected chi connectivity index (χ3v) is 4.76. The molecule has 2 amide bonds. The molecule has 6 nitrogen and oxygen atoms in total. The number of hydrogen-bond donors (Lipinski definition) is 0. The Kier molecular flexibility index (Phi) is 8.46. The van der Waals surface area contributed by atoms with E-state index in [0.717, 1.165) is 29.7 Å². The molecule has 2 aromatic rings. The smallest absolute Gasteiger partial charge is 0.224 e. The van der Waals surface area contributed by atoms with E-state index in [4.69, 9.17) is 4.74 Å². The second-order valence-electron chi connectivity index (χ2n) is 6.78. The van der Waals surface area contributed by atoms with E-state index in [1.165, 1.54) is 0 Å². The summed E-state index contributed by atoms with van der Waals surface area (Å²) in [5.41, 5.74) is 2.25. The van der Waals surface area contributed by atoms with Crippen molar-refractivity contribution in [2.24, 2.45) is 0 Å². The first-order chi connectivity index (χ1) is 13.5. The summed E-state index contributed by atoms with van der Waals surface area (Å²) < 4.78 is 5.24. The number of nitrogens with zero attached hydrogens (tertiary/aromatic N) is 3. The number of pyridine rings is 1. The molecule has 0 radical (unpaired) electrons. The Bertz CT molecular complexity index is 765. The molecule has 2 rings (SSSR count). The van der Waals surface area contributed by atoms with Crippen molar-refractivity contribution < 1.29 is 14.3 Å². The van der Waals surface area contributed by atoms with E-state index >= 15 is 0 Å². The van der Waals surface area contributed by atoms with Gasteiger partial charge in [0.05, 0.1) is 7.11 Å². The van der Waals surface area contributed by atoms with Gasteiger partial charge in [0, 0.05) is 52.4 Å². The van der Waals surface area contributed by atoms with Crippen LogP contribution in [0.5, 0.6) is 5.75 Å². The maximum absolute atomic E-state index is 12.4. The molecule has 0 spiro atoms. The summed E-state index contributed by atoms with van der Waals surface area (Å²) in [6.07, 6.45) is 5.35. The number of carbonyl (C=O) groups is 2. The quantitative estimate of drug-likeness (QED) is 0.633. The highest BCUT2D eigenvalue weighted by atomic mass is 16.5. The molecule has 0 bridgehead atoms. The molecule has 0 unspecified atom stereocenters. The average Bonchev–Trinajstić information content (AvgIpc) is 2.72. The molecule has 28 heavy (non-hydrogen) atoms. The highest BCUT2D eigenvalue weighted by Crippen LogP contribution is 2.13. The summed E-state index contributed by atoms with van der Waals surface area (Å²) in [7, 11) is 3.44. The first-order valence-electron chi connectivity index (χ1n) is 9.51. The van der Waals surface area contributed by atoms with Crippen LogP contribution < -0.4 is 4.74 Å². The maximum Gasteiger partial charge on any atom is 0.224 e. The molecule has 6 heteroatoms. The lowest BCUT2D eigenvalue weighted by Crippen LogP contribution is -2.36. The zero-order valence-electron chi connectivity index (χ0n) is 16.9. The predicted molar refractivity (Wildman–Crippen MR) is 109 cm³/mol. The van der Waals surface area contributed by atoms with Gasteiger partial charge in [0.1, 0.15) is 5.75 Å². The second kappa shape index (κ2) is 11.1. The van der Waals surface area contributed by atoms with E-state index in [1.807, 2.05) is 36.4 Å². The fourth-order valence-corrected chi connectivity index (χ4v) is 2.91. The SMILES string of the molecule is COc1cccc(CCN(CCC(=O)N(C)CCc2ccncc2)C(C)=O)c1. The van der Waals surface area contributed by atoms with E-state index in [2.05, 4.69) is 4.98 Å². The van der Waals surface area contributed by atoms with E-state index in [0.29, 0.717) is 26.1 Å². The molecule has 1 aromatic heterocycles. The first kappa shape index (κ1) is 21.4. The number of hydrogen-bond acceptors (Lipinski definition) is 4. The molecule has 1 aromatic carbocycles. The van der Waals surface area contributed by atoms with Gasteiger partial charge < -0.3 is 14.5 Å². The highest BCUT2D eigenvalue weighted by Gasteiger charge is 2.14. The lowest BCUT2D eigenvalue weighted by Gasteiger charge is -2.23. The van der Waals surface area contributed by atoms with Gasteiger partial charge in [-0.1, -0.05) is 12.1 Å². The summed E-state index contributed by atoms with van der Waals surface area (Å²) in [4.78, 5) is 31.8. The largest absolute Gasteiger partial charge is 0.497 e. The van der Waals surface area contributed by atoms with Crippen LogP contribution >= 0.6 is 0 Å². The van der Waals surface area contributed by atoms with Crippen LogP contribution in [0.25, 0.3) is 0 Å². The first-order valence-corrected chi connectivity index (χ1v) is 9.51. The molecule has 0 N–H and O–H groups in total. The predicted octanol–water partition coefficient (Wildman–Crippen LogP) is 2.57. The number of ether oxygens (including phenoxy) is 1. The van der Waals surface area contributed by atoms with Gasteiger partial charge in [0.25, 0.3) is 0 Å². The van der Waals surface area contributed by atoms with Gasteiger partial charge in [-0.2, -0.15) is 0 Å². The van der Waals surface area contributed by atoms with E-state index in [9.17, 15) is 9.59 Å². The molecule has 150 valence electrons. The van der Waals surface area contributed by atoms with Crippen LogP contribution in [0.3, 0.4) is 0 Å². The summed E-state index contributed by atoms with van der Waals surface area (Å²) in [5.74, 6) is 0.828. The van der Waals surface area contributed by atoms with Gasteiger partial charge in [-0.25, -0.2) is 0 Å². The van der Waals surface area contributed by atoms with Gasteiger partial charge in [-0.3, -0.25) is 14.6 Å². The number of benzene rings is 1. The van der Waals surface area contributed by atoms with Crippen LogP contribution in [0, 0.1) is 0 Å². The Morgan fingerprint density at radius 1 is 1.00 bits per heavy atom. The lowest BCUT2D eigenvalue weighted by molar-refractivity contribution is -0.132. The lowest BCUT2D eigenvalue weighted by atomic mass is 10.1. The molecule has 1 heterocycles. The van der Waals surface area contributed by atoms with Crippen molar-refractivity contribution in [2.45, 2.75) is 26.2 Å². The van der Waals surface area contributed by atoms with E-state index < -0.39 is 0 Å². The molecule has 0 saturated heterocycles. The molecule has 0 aliphatic heterocycles. The number of rotatable bonds is 10. The van der Waals surface area contributed by atoms with Crippen molar-refractivity contribution in [3.63, 3.8) is 0 Å². The van der Waals surface area contributed by atoms with Gasteiger partial charge in [0.15, 0.2) is 0 Å². The van der Waals surface area contributed by atoms with E-state index in [-0.39, 0.29) is 11.8 Å². The van der Waals surface area contributed by atoms with Crippen LogP contribution in [0.15, 0.2) is 48.8 Å². The van der Waals surface area contributed by atoms with Crippen molar-refractivity contribution in [3.05, 3.63) is 59.9 Å². The average molecular weight is 383 g/mol. The van der Waals surface area contributed by atoms with Crippen molar-refractivity contribution in [1.82, 2.24) is 14.8 Å². The number of likely N-dealkylation sites (N-methyl/N-ethyl adjacent to an activating group) is 1. The zero-order valence-corrected chi connectivity index (χ0v) is 16.9. The van der Waals surface area contributed by atoms with Crippen LogP contribution in [-0.2, 0) is 22.4 Å². The molecule has 0 atom stereocenters. The second-order valence-corrected chi connectivity index (χ2v) is 6.78. The number of carbonyl (C=O) groups excluding carboxylic acids is 2. The van der Waals surface area contributed by atoms with Crippen molar-refractivity contribution in [1.29, 1.82) is 0 Å². The van der Waals surface area contributed by atoms with Crippen LogP contribution in [0.1, 0.15) is 24.5 Å². The Morgan fingerprint density at radius 2 is 1.71 bits per heavy atom. The molecular weight excluding hydrogens is 354 g/mol. The van der Waals surface area contributed by atoms with Crippen molar-refractivity contribution in [3.8, 4) is 5.75 Å². The minimum Gasteiger partial charge on any atom is -0.497 e.